The molecule has 0 aliphatic carbocycles. The van der Waals surface area contributed by atoms with E-state index < -0.39 is 5.92 Å². The van der Waals surface area contributed by atoms with Crippen molar-refractivity contribution >= 4 is 53.4 Å². The fraction of sp³-hybridized carbons (Fsp3) is 0.343. The molecule has 50 heavy (non-hydrogen) atoms. The van der Waals surface area contributed by atoms with Gasteiger partial charge in [0, 0.05) is 67.3 Å². The number of aliphatic imine (C=N–C) groups is 2. The van der Waals surface area contributed by atoms with Gasteiger partial charge in [-0.05, 0) is 20.1 Å². The molecule has 4 N–H and O–H groups in total. The highest BCUT2D eigenvalue weighted by Gasteiger charge is 2.30. The predicted octanol–water partition coefficient (Wildman–Crippen LogP) is 4.07. The zero-order valence-corrected chi connectivity index (χ0v) is 29.5. The van der Waals surface area contributed by atoms with Crippen LogP contribution in [0.3, 0.4) is 0 Å². The Bertz CT molecular complexity index is 1860. The van der Waals surface area contributed by atoms with E-state index in [0.717, 1.165) is 6.42 Å². The summed E-state index contributed by atoms with van der Waals surface area (Å²) in [6.07, 6.45) is 3.07. The van der Waals surface area contributed by atoms with Crippen LogP contribution in [0.2, 0.25) is 10.0 Å². The highest BCUT2D eigenvalue weighted by atomic mass is 35.5. The van der Waals surface area contributed by atoms with Crippen LogP contribution >= 0.6 is 23.2 Å². The number of amides is 3. The molecule has 1 aromatic heterocycles. The highest BCUT2D eigenvalue weighted by Crippen LogP contribution is 2.40. The van der Waals surface area contributed by atoms with Crippen molar-refractivity contribution < 1.29 is 23.9 Å². The molecular formula is C35H38Cl2N8O5. The summed E-state index contributed by atoms with van der Waals surface area (Å²) in [5, 5.41) is 12.5. The third kappa shape index (κ3) is 8.53. The summed E-state index contributed by atoms with van der Waals surface area (Å²) < 4.78 is 11.1. The van der Waals surface area contributed by atoms with E-state index in [2.05, 4.69) is 42.9 Å². The molecule has 15 heteroatoms. The lowest BCUT2D eigenvalue weighted by molar-refractivity contribution is -0.126. The van der Waals surface area contributed by atoms with Crippen molar-refractivity contribution in [2.24, 2.45) is 15.9 Å². The van der Waals surface area contributed by atoms with E-state index in [-0.39, 0.29) is 42.6 Å². The summed E-state index contributed by atoms with van der Waals surface area (Å²) in [6.45, 7) is 7.04. The number of benzene rings is 2. The second-order valence-electron chi connectivity index (χ2n) is 11.7. The minimum Gasteiger partial charge on any atom is -0.480 e. The smallest absolute Gasteiger partial charge is 0.237 e. The first-order valence-electron chi connectivity index (χ1n) is 15.9. The van der Waals surface area contributed by atoms with E-state index in [9.17, 15) is 14.4 Å². The van der Waals surface area contributed by atoms with E-state index in [1.807, 2.05) is 43.3 Å². The summed E-state index contributed by atoms with van der Waals surface area (Å²) >= 11 is 14.0. The van der Waals surface area contributed by atoms with Crippen LogP contribution in [-0.2, 0) is 25.7 Å². The van der Waals surface area contributed by atoms with Crippen LogP contribution in [-0.4, -0.2) is 80.0 Å². The lowest BCUT2D eigenvalue weighted by Gasteiger charge is -2.15. The van der Waals surface area contributed by atoms with Crippen LogP contribution in [0.5, 0.6) is 5.88 Å². The van der Waals surface area contributed by atoms with Gasteiger partial charge in [-0.2, -0.15) is 0 Å². The average Bonchev–Trinajstić information content (AvgIpc) is 3.68. The lowest BCUT2D eigenvalue weighted by Crippen LogP contribution is -2.36. The topological polar surface area (TPSA) is 168 Å². The van der Waals surface area contributed by atoms with Crippen molar-refractivity contribution in [1.29, 1.82) is 0 Å². The molecule has 3 amide bonds. The second kappa shape index (κ2) is 16.8. The first kappa shape index (κ1) is 36.6. The van der Waals surface area contributed by atoms with Crippen molar-refractivity contribution in [3.8, 4) is 28.3 Å². The van der Waals surface area contributed by atoms with Crippen LogP contribution < -0.4 is 26.0 Å². The fourth-order valence-electron chi connectivity index (χ4n) is 5.74. The van der Waals surface area contributed by atoms with E-state index >= 15 is 0 Å². The van der Waals surface area contributed by atoms with Crippen molar-refractivity contribution in [2.45, 2.75) is 38.8 Å². The molecule has 0 radical (unpaired) electrons. The van der Waals surface area contributed by atoms with E-state index in [1.54, 1.807) is 6.20 Å². The normalized spacial score (nSPS) is 18.1. The number of aromatic nitrogens is 2. The Balaban J connectivity index is 1.35. The summed E-state index contributed by atoms with van der Waals surface area (Å²) in [6, 6.07) is 11.2. The van der Waals surface area contributed by atoms with Gasteiger partial charge in [0.25, 0.3) is 0 Å². The van der Waals surface area contributed by atoms with E-state index in [4.69, 9.17) is 37.7 Å². The Kier molecular flexibility index (Phi) is 12.3. The first-order valence-corrected chi connectivity index (χ1v) is 16.7. The maximum atomic E-state index is 11.9. The lowest BCUT2D eigenvalue weighted by atomic mass is 9.98. The Morgan fingerprint density at radius 3 is 2.42 bits per heavy atom. The Morgan fingerprint density at radius 1 is 1.02 bits per heavy atom. The third-order valence-corrected chi connectivity index (χ3v) is 9.19. The maximum absolute atomic E-state index is 11.9. The third-order valence-electron chi connectivity index (χ3n) is 8.38. The molecule has 0 spiro atoms. The first-order chi connectivity index (χ1) is 24.1. The Morgan fingerprint density at radius 2 is 1.76 bits per heavy atom. The molecule has 1 unspecified atom stereocenters. The number of methoxy groups -OCH3 is 2. The molecule has 5 rings (SSSR count). The van der Waals surface area contributed by atoms with Gasteiger partial charge in [0.1, 0.15) is 11.4 Å². The van der Waals surface area contributed by atoms with Crippen molar-refractivity contribution in [2.75, 3.05) is 33.9 Å². The van der Waals surface area contributed by atoms with Crippen LogP contribution in [0.25, 0.3) is 22.4 Å². The molecule has 262 valence electrons. The van der Waals surface area contributed by atoms with Gasteiger partial charge in [-0.3, -0.25) is 29.7 Å². The molecule has 2 aliphatic heterocycles. The second-order valence-corrected chi connectivity index (χ2v) is 12.5. The number of rotatable bonds is 15. The molecule has 13 nitrogen and oxygen atoms in total. The van der Waals surface area contributed by atoms with Gasteiger partial charge in [-0.15, -0.1) is 0 Å². The highest BCUT2D eigenvalue weighted by molar-refractivity contribution is 6.39. The number of ether oxygens (including phenoxy) is 2. The van der Waals surface area contributed by atoms with Gasteiger partial charge in [0.2, 0.25) is 29.5 Å². The minimum atomic E-state index is -0.427. The van der Waals surface area contributed by atoms with Gasteiger partial charge in [-0.1, -0.05) is 59.6 Å². The van der Waals surface area contributed by atoms with Crippen molar-refractivity contribution in [3.63, 3.8) is 0 Å². The minimum absolute atomic E-state index is 0.0567. The molecule has 2 atom stereocenters. The molecular weight excluding hydrogens is 683 g/mol. The molecule has 0 bridgehead atoms. The molecule has 2 saturated heterocycles. The molecule has 3 aromatic rings. The van der Waals surface area contributed by atoms with Gasteiger partial charge in [0.05, 0.1) is 47.8 Å². The molecule has 0 saturated carbocycles. The maximum Gasteiger partial charge on any atom is 0.237 e. The number of halogens is 2. The largest absolute Gasteiger partial charge is 0.480 e. The quantitative estimate of drug-likeness (QED) is 0.103. The zero-order valence-electron chi connectivity index (χ0n) is 27.9. The summed E-state index contributed by atoms with van der Waals surface area (Å²) in [5.41, 5.74) is 4.79. The zero-order chi connectivity index (χ0) is 35.8. The van der Waals surface area contributed by atoms with Crippen LogP contribution in [0.4, 0.5) is 0 Å². The summed E-state index contributed by atoms with van der Waals surface area (Å²) in [5.74, 6) is -0.348. The van der Waals surface area contributed by atoms with Gasteiger partial charge < -0.3 is 25.4 Å². The molecule has 2 aliphatic rings. The number of nitrogens with one attached hydrogen (secondary N) is 4. The van der Waals surface area contributed by atoms with E-state index in [0.29, 0.717) is 87.0 Å². The van der Waals surface area contributed by atoms with Gasteiger partial charge in [-0.25, -0.2) is 9.98 Å². The van der Waals surface area contributed by atoms with Gasteiger partial charge >= 0.3 is 0 Å². The standard InChI is InChI=1S/C35H38Cl2N8O5/c1-19(42-34(49-3)27(38-2)16-40-15-21-11-12-29(46)43-21)22-7-5-8-23(31(22)36)24-9-6-10-25(32(24)37)26-18-41-28(35(44-26)50-4)17-39-14-20-13-30(47)45-33(20)48/h5-10,18,20-21,39-40H,2,11-17H2,1,3-4H3,(H,43,46)(H,45,47,48)/b34-27+,42-19?/t20?,21-/m0/s1. The Hall–Kier alpha value is -4.69. The number of hydrogen-bond acceptors (Lipinski definition) is 11. The molecule has 3 heterocycles. The number of nitrogens with zero attached hydrogens (tertiary/aromatic N) is 4. The SMILES string of the molecule is C=N/C(CNC[C@@H]1CCC(=O)N1)=C(\N=C(C)c1cccc(-c2cccc(-c3cnc(CNCC4CC(=O)NC4=O)c(OC)n3)c2Cl)c1Cl)OC. The summed E-state index contributed by atoms with van der Waals surface area (Å²) in [4.78, 5) is 52.9. The summed E-state index contributed by atoms with van der Waals surface area (Å²) in [7, 11) is 3.01. The number of hydrogen-bond donors (Lipinski definition) is 4. The van der Waals surface area contributed by atoms with Crippen LogP contribution in [0, 0.1) is 5.92 Å². The van der Waals surface area contributed by atoms with Gasteiger partial charge in [0.15, 0.2) is 0 Å². The average molecular weight is 722 g/mol. The molecule has 2 aromatic carbocycles. The monoisotopic (exact) mass is 720 g/mol. The molecule has 2 fully saturated rings. The van der Waals surface area contributed by atoms with Crippen molar-refractivity contribution in [1.82, 2.24) is 31.2 Å². The van der Waals surface area contributed by atoms with E-state index in [1.165, 1.54) is 14.2 Å². The predicted molar refractivity (Wildman–Crippen MR) is 192 cm³/mol. The van der Waals surface area contributed by atoms with Crippen LogP contribution in [0.1, 0.15) is 37.4 Å². The number of carbonyl (C=O) groups excluding carboxylic acids is 3. The number of carbonyl (C=O) groups is 3. The Labute approximate surface area is 300 Å². The van der Waals surface area contributed by atoms with Crippen molar-refractivity contribution in [3.05, 3.63) is 75.5 Å². The van der Waals surface area contributed by atoms with Crippen LogP contribution in [0.15, 0.2) is 64.2 Å². The number of imide groups is 1. The fourth-order valence-corrected chi connectivity index (χ4v) is 6.43.